The number of fused-ring (bicyclic) bond motifs is 2. The number of nitrogens with one attached hydrogen (secondary N) is 1. The van der Waals surface area contributed by atoms with Crippen molar-refractivity contribution in [1.29, 1.82) is 5.41 Å². The van der Waals surface area contributed by atoms with Gasteiger partial charge in [-0.1, -0.05) is 150 Å². The lowest BCUT2D eigenvalue weighted by Crippen LogP contribution is -2.63. The van der Waals surface area contributed by atoms with Crippen molar-refractivity contribution in [3.63, 3.8) is 0 Å². The van der Waals surface area contributed by atoms with Gasteiger partial charge < -0.3 is 66.3 Å². The molecule has 6 aliphatic heterocycles. The molecule has 7 unspecified atom stereocenters. The lowest BCUT2D eigenvalue weighted by molar-refractivity contribution is -0.353. The van der Waals surface area contributed by atoms with Gasteiger partial charge in [-0.15, -0.1) is 0 Å². The number of benzene rings is 3. The summed E-state index contributed by atoms with van der Waals surface area (Å²) in [6.45, 7) is 9.80. The van der Waals surface area contributed by atoms with Crippen LogP contribution >= 0.6 is 34.8 Å². The molecule has 24 heteroatoms. The topological polar surface area (TPSA) is 251 Å². The summed E-state index contributed by atoms with van der Waals surface area (Å²) in [5.41, 5.74) is 20.5. The van der Waals surface area contributed by atoms with E-state index < -0.39 is 125 Å². The highest BCUT2D eigenvalue weighted by molar-refractivity contribution is 6.76. The molecule has 0 aliphatic carbocycles. The summed E-state index contributed by atoms with van der Waals surface area (Å²) in [6, 6.07) is 28.5. The van der Waals surface area contributed by atoms with Crippen molar-refractivity contribution < 1.29 is 66.3 Å². The molecule has 0 bridgehead atoms. The van der Waals surface area contributed by atoms with Crippen LogP contribution in [0, 0.1) is 17.2 Å². The minimum Gasteiger partial charge on any atom is -0.445 e. The van der Waals surface area contributed by atoms with E-state index in [1.54, 1.807) is 27.7 Å². The first-order chi connectivity index (χ1) is 35.6. The fourth-order valence-electron chi connectivity index (χ4n) is 10.2. The number of nitrogens with zero attached hydrogens (tertiary/aromatic N) is 6. The van der Waals surface area contributed by atoms with Gasteiger partial charge in [0.15, 0.2) is 30.9 Å². The van der Waals surface area contributed by atoms with Crippen molar-refractivity contribution in [1.82, 2.24) is 0 Å². The number of azide groups is 2. The van der Waals surface area contributed by atoms with Gasteiger partial charge in [0.2, 0.25) is 12.2 Å². The Hall–Kier alpha value is -3.90. The Kier molecular flexibility index (Phi) is 17.6. The summed E-state index contributed by atoms with van der Waals surface area (Å²) < 4.78 is 89.4. The van der Waals surface area contributed by atoms with Gasteiger partial charge in [-0.25, -0.2) is 0 Å². The number of hydrogen-bond donors (Lipinski definition) is 1. The average molecular weight is 1090 g/mol. The maximum absolute atomic E-state index is 9.55. The first-order valence-corrected chi connectivity index (χ1v) is 25.6. The number of halogens is 3. The SMILES string of the molecule is CC1C(O[C@@H]2OC[C@]3(COCc4ccccc4)O[C@@H](c4ccccc4)OC23)[C@H](OCc2ccccc2)CO[C@H]1O[C@@H]1C2OC(C)(C)OC2[C@H](OC2C(C)[C@@H](N=[N+]=[N-])[C@@H](CN=[N+]=[N-])O[C@@H]2OC(=N)C(Cl)(Cl)Cl)O[C@@H]1C. The average Bonchev–Trinajstić information content (AvgIpc) is 4.04. The Morgan fingerprint density at radius 2 is 1.38 bits per heavy atom. The van der Waals surface area contributed by atoms with E-state index in [0.29, 0.717) is 6.61 Å². The Bertz CT molecular complexity index is 2450. The molecule has 21 nitrogen and oxygen atoms in total. The largest absolute Gasteiger partial charge is 0.445 e. The maximum atomic E-state index is 9.55. The molecule has 0 radical (unpaired) electrons. The Morgan fingerprint density at radius 1 is 0.730 bits per heavy atom. The summed E-state index contributed by atoms with van der Waals surface area (Å²) in [7, 11) is 0. The third-order valence-electron chi connectivity index (χ3n) is 13.9. The summed E-state index contributed by atoms with van der Waals surface area (Å²) >= 11 is 18.1. The Morgan fingerprint density at radius 3 is 2.05 bits per heavy atom. The lowest BCUT2D eigenvalue weighted by atomic mass is 9.88. The van der Waals surface area contributed by atoms with Crippen molar-refractivity contribution in [3.05, 3.63) is 129 Å². The van der Waals surface area contributed by atoms with Crippen LogP contribution < -0.4 is 0 Å². The van der Waals surface area contributed by atoms with Gasteiger partial charge in [-0.05, 0) is 48.9 Å². The molecule has 9 rings (SSSR count). The highest BCUT2D eigenvalue weighted by Crippen LogP contribution is 2.48. The van der Waals surface area contributed by atoms with Crippen LogP contribution in [0.15, 0.2) is 101 Å². The quantitative estimate of drug-likeness (QED) is 0.0312. The summed E-state index contributed by atoms with van der Waals surface area (Å²) in [5, 5.41) is 15.9. The Balaban J connectivity index is 0.946. The number of rotatable bonds is 18. The van der Waals surface area contributed by atoms with Gasteiger partial charge in [0.25, 0.3) is 3.79 Å². The summed E-state index contributed by atoms with van der Waals surface area (Å²) in [5.74, 6) is -3.13. The van der Waals surface area contributed by atoms with Crippen LogP contribution in [0.4, 0.5) is 0 Å². The molecule has 0 saturated carbocycles. The first kappa shape index (κ1) is 54.9. The van der Waals surface area contributed by atoms with Crippen LogP contribution in [0.25, 0.3) is 20.9 Å². The van der Waals surface area contributed by atoms with Crippen LogP contribution in [-0.4, -0.2) is 134 Å². The third kappa shape index (κ3) is 12.4. The van der Waals surface area contributed by atoms with Crippen molar-refractivity contribution >= 4 is 40.7 Å². The highest BCUT2D eigenvalue weighted by atomic mass is 35.6. The molecule has 400 valence electrons. The molecule has 6 fully saturated rings. The maximum Gasteiger partial charge on any atom is 0.265 e. The summed E-state index contributed by atoms with van der Waals surface area (Å²) in [4.78, 5) is 5.83. The van der Waals surface area contributed by atoms with Crippen molar-refractivity contribution in [2.45, 2.75) is 155 Å². The number of hydrogen-bond acceptors (Lipinski definition) is 17. The minimum atomic E-state index is -2.27. The van der Waals surface area contributed by atoms with E-state index in [1.165, 1.54) is 0 Å². The number of alkyl halides is 3. The fraction of sp³-hybridized carbons (Fsp3) is 0.620. The Labute approximate surface area is 443 Å². The van der Waals surface area contributed by atoms with Crippen LogP contribution in [0.2, 0.25) is 0 Å². The first-order valence-electron chi connectivity index (χ1n) is 24.5. The molecule has 6 aliphatic rings. The van der Waals surface area contributed by atoms with Crippen molar-refractivity contribution in [2.24, 2.45) is 22.1 Å². The summed E-state index contributed by atoms with van der Waals surface area (Å²) in [6.07, 6.45) is -12.5. The zero-order valence-electron chi connectivity index (χ0n) is 41.3. The second kappa shape index (κ2) is 23.8. The monoisotopic (exact) mass is 1090 g/mol. The second-order valence-electron chi connectivity index (χ2n) is 19.6. The molecule has 0 amide bonds. The molecule has 0 aromatic heterocycles. The molecule has 1 N–H and O–H groups in total. The van der Waals surface area contributed by atoms with Gasteiger partial charge in [0.1, 0.15) is 42.2 Å². The molecule has 3 aromatic rings. The zero-order valence-corrected chi connectivity index (χ0v) is 43.5. The molecule has 6 heterocycles. The van der Waals surface area contributed by atoms with E-state index in [9.17, 15) is 5.53 Å². The van der Waals surface area contributed by atoms with Gasteiger partial charge >= 0.3 is 0 Å². The van der Waals surface area contributed by atoms with E-state index in [4.69, 9.17) is 112 Å². The van der Waals surface area contributed by atoms with Gasteiger partial charge in [0.05, 0.1) is 63.9 Å². The van der Waals surface area contributed by atoms with Crippen LogP contribution in [0.5, 0.6) is 0 Å². The van der Waals surface area contributed by atoms with Crippen molar-refractivity contribution in [2.75, 3.05) is 26.4 Å². The minimum absolute atomic E-state index is 0.0844. The molecule has 3 aromatic carbocycles. The van der Waals surface area contributed by atoms with Crippen LogP contribution in [-0.2, 0) is 79.5 Å². The van der Waals surface area contributed by atoms with E-state index in [2.05, 4.69) is 20.1 Å². The van der Waals surface area contributed by atoms with Gasteiger partial charge in [0, 0.05) is 21.3 Å². The fourth-order valence-corrected chi connectivity index (χ4v) is 10.4. The third-order valence-corrected chi connectivity index (χ3v) is 14.4. The zero-order chi connectivity index (χ0) is 52.2. The lowest BCUT2D eigenvalue weighted by Gasteiger charge is -2.48. The van der Waals surface area contributed by atoms with E-state index in [-0.39, 0.29) is 33.0 Å². The predicted molar refractivity (Wildman–Crippen MR) is 264 cm³/mol. The normalized spacial score (nSPS) is 37.5. The molecule has 18 atom stereocenters. The van der Waals surface area contributed by atoms with Gasteiger partial charge in [-0.3, -0.25) is 5.41 Å². The van der Waals surface area contributed by atoms with E-state index in [0.717, 1.165) is 16.7 Å². The molecular weight excluding hydrogens is 1030 g/mol. The standard InChI is InChI=1S/C50H60Cl3N7O14/c1-27-35(58-60-56)33(21-57-59-55)66-44(71-47(54)50(51,52)53)37(27)68-45-40-39(72-48(4,5)73-40)38(29(3)65-45)69-42-28(2)36(34(24-63-42)62-23-31-17-11-7-12-18-31)67-46-41-49(26-64-46,25-61-22-30-15-9-6-10-16-30)74-43(70-41)32-19-13-8-14-20-32/h6-20,27-29,33-46,54H,21-26H2,1-5H3/t27?,28?,29-,33-,34-,35-,36?,37?,38+,39?,40?,41?,42+,43+,44-,45+,46+,49+/m1/s1. The second-order valence-corrected chi connectivity index (χ2v) is 21.8. The highest BCUT2D eigenvalue weighted by Gasteiger charge is 2.62. The molecule has 6 saturated heterocycles. The molecular formula is C50H60Cl3N7O14. The number of ether oxygens (including phenoxy) is 14. The van der Waals surface area contributed by atoms with E-state index >= 15 is 0 Å². The molecule has 74 heavy (non-hydrogen) atoms. The molecule has 0 spiro atoms. The van der Waals surface area contributed by atoms with Crippen LogP contribution in [0.1, 0.15) is 57.6 Å². The predicted octanol–water partition coefficient (Wildman–Crippen LogP) is 9.13. The van der Waals surface area contributed by atoms with E-state index in [1.807, 2.05) is 97.9 Å². The van der Waals surface area contributed by atoms with Crippen molar-refractivity contribution in [3.8, 4) is 0 Å². The van der Waals surface area contributed by atoms with Gasteiger partial charge in [-0.2, -0.15) is 0 Å². The van der Waals surface area contributed by atoms with Crippen LogP contribution in [0.3, 0.4) is 0 Å². The smallest absolute Gasteiger partial charge is 0.265 e.